The first kappa shape index (κ1) is 11.4. The monoisotopic (exact) mass is 221 g/mol. The van der Waals surface area contributed by atoms with Gasteiger partial charge >= 0.3 is 0 Å². The van der Waals surface area contributed by atoms with Crippen molar-refractivity contribution in [2.75, 3.05) is 14.2 Å². The molecule has 1 aromatic rings. The molecule has 0 atom stereocenters. The van der Waals surface area contributed by atoms with E-state index in [1.54, 1.807) is 14.2 Å². The second-order valence-corrected chi connectivity index (χ2v) is 4.23. The van der Waals surface area contributed by atoms with Crippen molar-refractivity contribution in [3.05, 3.63) is 29.3 Å². The molecule has 0 amide bonds. The molecule has 88 valence electrons. The lowest BCUT2D eigenvalue weighted by Gasteiger charge is -2.10. The van der Waals surface area contributed by atoms with E-state index in [0.717, 1.165) is 23.9 Å². The molecular formula is C13H19NO2. The quantitative estimate of drug-likeness (QED) is 0.798. The highest BCUT2D eigenvalue weighted by Crippen LogP contribution is 2.22. The molecule has 0 aliphatic heterocycles. The van der Waals surface area contributed by atoms with Gasteiger partial charge in [0.2, 0.25) is 0 Å². The highest BCUT2D eigenvalue weighted by molar-refractivity contribution is 5.36. The number of methoxy groups -OCH3 is 2. The SMILES string of the molecule is COCc1cc(CNC2CC2)ccc1OC. The Balaban J connectivity index is 2.03. The Kier molecular flexibility index (Phi) is 3.80. The number of ether oxygens (including phenoxy) is 2. The molecule has 3 nitrogen and oxygen atoms in total. The minimum atomic E-state index is 0.598. The van der Waals surface area contributed by atoms with E-state index in [0.29, 0.717) is 6.61 Å². The maximum Gasteiger partial charge on any atom is 0.124 e. The van der Waals surface area contributed by atoms with Crippen LogP contribution in [-0.2, 0) is 17.9 Å². The highest BCUT2D eigenvalue weighted by atomic mass is 16.5. The fourth-order valence-corrected chi connectivity index (χ4v) is 1.76. The fourth-order valence-electron chi connectivity index (χ4n) is 1.76. The molecule has 0 unspecified atom stereocenters. The average molecular weight is 221 g/mol. The molecule has 1 aliphatic carbocycles. The van der Waals surface area contributed by atoms with Crippen LogP contribution in [0.25, 0.3) is 0 Å². The van der Waals surface area contributed by atoms with E-state index in [9.17, 15) is 0 Å². The Hall–Kier alpha value is -1.06. The van der Waals surface area contributed by atoms with Crippen molar-refractivity contribution in [2.24, 2.45) is 0 Å². The molecule has 0 radical (unpaired) electrons. The van der Waals surface area contributed by atoms with Crippen LogP contribution >= 0.6 is 0 Å². The molecule has 3 heteroatoms. The number of hydrogen-bond donors (Lipinski definition) is 1. The van der Waals surface area contributed by atoms with Gasteiger partial charge in [-0.3, -0.25) is 0 Å². The summed E-state index contributed by atoms with van der Waals surface area (Å²) in [6, 6.07) is 7.01. The van der Waals surface area contributed by atoms with Crippen molar-refractivity contribution < 1.29 is 9.47 Å². The molecule has 0 heterocycles. The van der Waals surface area contributed by atoms with Gasteiger partial charge in [-0.25, -0.2) is 0 Å². The minimum Gasteiger partial charge on any atom is -0.496 e. The topological polar surface area (TPSA) is 30.5 Å². The molecule has 1 fully saturated rings. The summed E-state index contributed by atoms with van der Waals surface area (Å²) in [6.45, 7) is 1.53. The van der Waals surface area contributed by atoms with Gasteiger partial charge in [0.1, 0.15) is 5.75 Å². The van der Waals surface area contributed by atoms with Crippen LogP contribution in [0.1, 0.15) is 24.0 Å². The van der Waals surface area contributed by atoms with E-state index in [1.165, 1.54) is 18.4 Å². The third-order valence-corrected chi connectivity index (χ3v) is 2.82. The van der Waals surface area contributed by atoms with Gasteiger partial charge in [0.15, 0.2) is 0 Å². The normalized spacial score (nSPS) is 15.1. The molecule has 1 aromatic carbocycles. The van der Waals surface area contributed by atoms with Crippen LogP contribution in [0.2, 0.25) is 0 Å². The van der Waals surface area contributed by atoms with Crippen molar-refractivity contribution in [2.45, 2.75) is 32.0 Å². The van der Waals surface area contributed by atoms with Crippen molar-refractivity contribution in [3.63, 3.8) is 0 Å². The van der Waals surface area contributed by atoms with Gasteiger partial charge < -0.3 is 14.8 Å². The van der Waals surface area contributed by atoms with E-state index < -0.39 is 0 Å². The Morgan fingerprint density at radius 2 is 2.12 bits per heavy atom. The van der Waals surface area contributed by atoms with Gasteiger partial charge in [-0.05, 0) is 30.5 Å². The zero-order valence-corrected chi connectivity index (χ0v) is 9.95. The van der Waals surface area contributed by atoms with Gasteiger partial charge in [0.05, 0.1) is 13.7 Å². The van der Waals surface area contributed by atoms with Crippen LogP contribution in [0.3, 0.4) is 0 Å². The Labute approximate surface area is 96.8 Å². The molecule has 0 aromatic heterocycles. The summed E-state index contributed by atoms with van der Waals surface area (Å²) in [7, 11) is 3.39. The lowest BCUT2D eigenvalue weighted by molar-refractivity contribution is 0.181. The van der Waals surface area contributed by atoms with Crippen molar-refractivity contribution in [1.29, 1.82) is 0 Å². The van der Waals surface area contributed by atoms with Gasteiger partial charge in [-0.1, -0.05) is 6.07 Å². The smallest absolute Gasteiger partial charge is 0.124 e. The summed E-state index contributed by atoms with van der Waals surface area (Å²) in [5, 5.41) is 3.50. The first-order valence-corrected chi connectivity index (χ1v) is 5.71. The van der Waals surface area contributed by atoms with E-state index in [1.807, 2.05) is 6.07 Å². The molecule has 1 saturated carbocycles. The molecule has 16 heavy (non-hydrogen) atoms. The van der Waals surface area contributed by atoms with Gasteiger partial charge in [0, 0.05) is 25.3 Å². The van der Waals surface area contributed by atoms with Gasteiger partial charge in [-0.2, -0.15) is 0 Å². The molecule has 0 spiro atoms. The predicted molar refractivity (Wildman–Crippen MR) is 63.6 cm³/mol. The van der Waals surface area contributed by atoms with Crippen molar-refractivity contribution in [3.8, 4) is 5.75 Å². The summed E-state index contributed by atoms with van der Waals surface area (Å²) < 4.78 is 10.5. The largest absolute Gasteiger partial charge is 0.496 e. The van der Waals surface area contributed by atoms with Crippen LogP contribution < -0.4 is 10.1 Å². The van der Waals surface area contributed by atoms with Gasteiger partial charge in [0.25, 0.3) is 0 Å². The summed E-state index contributed by atoms with van der Waals surface area (Å²) in [5.74, 6) is 0.900. The second kappa shape index (κ2) is 5.32. The maximum atomic E-state index is 5.29. The maximum absolute atomic E-state index is 5.29. The number of hydrogen-bond acceptors (Lipinski definition) is 3. The fraction of sp³-hybridized carbons (Fsp3) is 0.538. The molecule has 1 N–H and O–H groups in total. The Morgan fingerprint density at radius 3 is 2.75 bits per heavy atom. The van der Waals surface area contributed by atoms with Crippen LogP contribution in [0, 0.1) is 0 Å². The summed E-state index contributed by atoms with van der Waals surface area (Å²) in [6.07, 6.45) is 2.64. The predicted octanol–water partition coefficient (Wildman–Crippen LogP) is 2.09. The van der Waals surface area contributed by atoms with Gasteiger partial charge in [-0.15, -0.1) is 0 Å². The summed E-state index contributed by atoms with van der Waals surface area (Å²) in [4.78, 5) is 0. The number of benzene rings is 1. The van der Waals surface area contributed by atoms with Crippen LogP contribution in [-0.4, -0.2) is 20.3 Å². The van der Waals surface area contributed by atoms with E-state index in [4.69, 9.17) is 9.47 Å². The standard InChI is InChI=1S/C13H19NO2/c1-15-9-11-7-10(3-6-13(11)16-2)8-14-12-4-5-12/h3,6-7,12,14H,4-5,8-9H2,1-2H3. The minimum absolute atomic E-state index is 0.598. The van der Waals surface area contributed by atoms with Crippen LogP contribution in [0.15, 0.2) is 18.2 Å². The summed E-state index contributed by atoms with van der Waals surface area (Å²) in [5.41, 5.74) is 2.40. The van der Waals surface area contributed by atoms with E-state index in [-0.39, 0.29) is 0 Å². The third-order valence-electron chi connectivity index (χ3n) is 2.82. The zero-order chi connectivity index (χ0) is 11.4. The lowest BCUT2D eigenvalue weighted by Crippen LogP contribution is -2.15. The molecule has 0 bridgehead atoms. The first-order chi connectivity index (χ1) is 7.83. The van der Waals surface area contributed by atoms with E-state index >= 15 is 0 Å². The van der Waals surface area contributed by atoms with Crippen molar-refractivity contribution >= 4 is 0 Å². The average Bonchev–Trinajstić information content (AvgIpc) is 3.11. The molecule has 0 saturated heterocycles. The van der Waals surface area contributed by atoms with E-state index in [2.05, 4.69) is 17.4 Å². The van der Waals surface area contributed by atoms with Crippen molar-refractivity contribution in [1.82, 2.24) is 5.32 Å². The highest BCUT2D eigenvalue weighted by Gasteiger charge is 2.20. The Bertz CT molecular complexity index is 348. The molecule has 1 aliphatic rings. The molecule has 2 rings (SSSR count). The lowest BCUT2D eigenvalue weighted by atomic mass is 10.1. The Morgan fingerprint density at radius 1 is 1.31 bits per heavy atom. The first-order valence-electron chi connectivity index (χ1n) is 5.71. The van der Waals surface area contributed by atoms with Crippen LogP contribution in [0.4, 0.5) is 0 Å². The number of nitrogens with one attached hydrogen (secondary N) is 1. The number of rotatable bonds is 6. The third kappa shape index (κ3) is 2.97. The zero-order valence-electron chi connectivity index (χ0n) is 9.95. The second-order valence-electron chi connectivity index (χ2n) is 4.23. The van der Waals surface area contributed by atoms with Crippen LogP contribution in [0.5, 0.6) is 5.75 Å². The summed E-state index contributed by atoms with van der Waals surface area (Å²) >= 11 is 0. The molecular weight excluding hydrogens is 202 g/mol.